The molecule has 0 aliphatic carbocycles. The number of carbonyl (C=O) groups is 1. The molecule has 0 bridgehead atoms. The molecule has 160 valence electrons. The van der Waals surface area contributed by atoms with Crippen molar-refractivity contribution in [2.45, 2.75) is 13.1 Å². The van der Waals surface area contributed by atoms with Crippen LogP contribution in [-0.2, 0) is 13.1 Å². The van der Waals surface area contributed by atoms with Gasteiger partial charge >= 0.3 is 0 Å². The molecule has 4 aromatic rings. The Bertz CT molecular complexity index is 1350. The first-order valence-electron chi connectivity index (χ1n) is 10.2. The number of rotatable bonds is 5. The average Bonchev–Trinajstić information content (AvgIpc) is 3.14. The van der Waals surface area contributed by atoms with Crippen LogP contribution in [0, 0.1) is 0 Å². The molecule has 5 rings (SSSR count). The molecule has 1 aliphatic rings. The molecule has 0 radical (unpaired) electrons. The lowest BCUT2D eigenvalue weighted by Gasteiger charge is -2.15. The summed E-state index contributed by atoms with van der Waals surface area (Å²) in [6.45, 7) is 0.843. The van der Waals surface area contributed by atoms with Gasteiger partial charge in [-0.3, -0.25) is 9.78 Å². The Morgan fingerprint density at radius 2 is 1.91 bits per heavy atom. The summed E-state index contributed by atoms with van der Waals surface area (Å²) in [5.74, 6) is 1.34. The summed E-state index contributed by atoms with van der Waals surface area (Å²) in [7, 11) is 3.25. The maximum absolute atomic E-state index is 13.2. The van der Waals surface area contributed by atoms with Crippen LogP contribution in [0.3, 0.4) is 0 Å². The number of ether oxygens (including phenoxy) is 2. The number of amides is 1. The summed E-state index contributed by atoms with van der Waals surface area (Å²) >= 11 is 0. The van der Waals surface area contributed by atoms with Gasteiger partial charge in [-0.25, -0.2) is 4.98 Å². The van der Waals surface area contributed by atoms with Crippen LogP contribution in [-0.4, -0.2) is 35.0 Å². The van der Waals surface area contributed by atoms with Gasteiger partial charge in [0.05, 0.1) is 43.2 Å². The number of hydrogen-bond donors (Lipinski definition) is 1. The monoisotopic (exact) mass is 426 g/mol. The van der Waals surface area contributed by atoms with Gasteiger partial charge in [-0.05, 0) is 23.8 Å². The predicted octanol–water partition coefficient (Wildman–Crippen LogP) is 4.05. The molecule has 0 saturated carbocycles. The van der Waals surface area contributed by atoms with E-state index in [2.05, 4.69) is 4.98 Å². The summed E-state index contributed by atoms with van der Waals surface area (Å²) in [6.07, 6.45) is 3.43. The molecule has 0 spiro atoms. The van der Waals surface area contributed by atoms with Crippen LogP contribution in [0.2, 0.25) is 0 Å². The van der Waals surface area contributed by atoms with E-state index in [0.29, 0.717) is 35.8 Å². The van der Waals surface area contributed by atoms with Gasteiger partial charge in [0.15, 0.2) is 0 Å². The molecule has 2 aromatic heterocycles. The molecule has 1 aliphatic heterocycles. The third-order valence-electron chi connectivity index (χ3n) is 5.77. The van der Waals surface area contributed by atoms with E-state index < -0.39 is 0 Å². The highest BCUT2D eigenvalue weighted by Crippen LogP contribution is 2.39. The van der Waals surface area contributed by atoms with Gasteiger partial charge in [0.25, 0.3) is 5.91 Å². The Balaban J connectivity index is 1.59. The maximum Gasteiger partial charge on any atom is 0.258 e. The zero-order valence-corrected chi connectivity index (χ0v) is 17.8. The van der Waals surface area contributed by atoms with Crippen LogP contribution in [0.25, 0.3) is 22.0 Å². The normalized spacial score (nSPS) is 12.8. The summed E-state index contributed by atoms with van der Waals surface area (Å²) in [5, 5.41) is 0.740. The maximum atomic E-state index is 13.2. The van der Waals surface area contributed by atoms with Gasteiger partial charge in [-0.1, -0.05) is 30.3 Å². The van der Waals surface area contributed by atoms with Crippen LogP contribution in [0.15, 0.2) is 60.9 Å². The van der Waals surface area contributed by atoms with Crippen molar-refractivity contribution in [3.8, 4) is 22.6 Å². The van der Waals surface area contributed by atoms with Crippen LogP contribution in [0.5, 0.6) is 11.5 Å². The fraction of sp³-hybridized carbons (Fsp3) is 0.160. The van der Waals surface area contributed by atoms with Crippen molar-refractivity contribution in [1.82, 2.24) is 14.9 Å². The average molecular weight is 426 g/mol. The third kappa shape index (κ3) is 3.19. The van der Waals surface area contributed by atoms with Crippen LogP contribution < -0.4 is 15.2 Å². The summed E-state index contributed by atoms with van der Waals surface area (Å²) in [4.78, 5) is 24.1. The molecule has 0 unspecified atom stereocenters. The molecule has 7 heteroatoms. The summed E-state index contributed by atoms with van der Waals surface area (Å²) in [5.41, 5.74) is 11.5. The van der Waals surface area contributed by atoms with Crippen molar-refractivity contribution in [2.24, 2.45) is 0 Å². The lowest BCUT2D eigenvalue weighted by atomic mass is 9.99. The molecule has 0 atom stereocenters. The second kappa shape index (κ2) is 7.85. The molecule has 2 aromatic carbocycles. The molecule has 0 fully saturated rings. The van der Waals surface area contributed by atoms with Crippen LogP contribution >= 0.6 is 0 Å². The summed E-state index contributed by atoms with van der Waals surface area (Å²) < 4.78 is 10.8. The van der Waals surface area contributed by atoms with Gasteiger partial charge in [0.2, 0.25) is 0 Å². The second-order valence-electron chi connectivity index (χ2n) is 7.64. The van der Waals surface area contributed by atoms with E-state index in [1.807, 2.05) is 48.5 Å². The Labute approximate surface area is 185 Å². The van der Waals surface area contributed by atoms with Crippen LogP contribution in [0.1, 0.15) is 21.6 Å². The lowest BCUT2D eigenvalue weighted by Crippen LogP contribution is -2.23. The van der Waals surface area contributed by atoms with E-state index >= 15 is 0 Å². The fourth-order valence-electron chi connectivity index (χ4n) is 4.22. The van der Waals surface area contributed by atoms with Gasteiger partial charge in [0, 0.05) is 35.5 Å². The number of nitrogens with two attached hydrogens (primary N) is 1. The first kappa shape index (κ1) is 19.8. The van der Waals surface area contributed by atoms with Crippen molar-refractivity contribution in [2.75, 3.05) is 20.0 Å². The Morgan fingerprint density at radius 1 is 1.06 bits per heavy atom. The highest BCUT2D eigenvalue weighted by atomic mass is 16.5. The minimum atomic E-state index is -0.112. The van der Waals surface area contributed by atoms with E-state index in [9.17, 15) is 4.79 Å². The van der Waals surface area contributed by atoms with Crippen LogP contribution in [0.4, 0.5) is 5.69 Å². The second-order valence-corrected chi connectivity index (χ2v) is 7.64. The zero-order chi connectivity index (χ0) is 22.2. The Hall–Kier alpha value is -4.13. The number of aromatic nitrogens is 2. The van der Waals surface area contributed by atoms with Gasteiger partial charge < -0.3 is 20.1 Å². The van der Waals surface area contributed by atoms with E-state index in [1.165, 1.54) is 0 Å². The topological polar surface area (TPSA) is 90.6 Å². The zero-order valence-electron chi connectivity index (χ0n) is 17.8. The first-order chi connectivity index (χ1) is 15.6. The number of para-hydroxylation sites is 1. The number of fused-ring (bicyclic) bond motifs is 2. The molecular weight excluding hydrogens is 404 g/mol. The highest BCUT2D eigenvalue weighted by Gasteiger charge is 2.32. The van der Waals surface area contributed by atoms with E-state index in [1.54, 1.807) is 31.5 Å². The van der Waals surface area contributed by atoms with Crippen molar-refractivity contribution >= 4 is 22.5 Å². The molecule has 0 saturated heterocycles. The first-order valence-corrected chi connectivity index (χ1v) is 10.2. The smallest absolute Gasteiger partial charge is 0.258 e. The molecule has 7 nitrogen and oxygen atoms in total. The number of methoxy groups -OCH3 is 2. The summed E-state index contributed by atoms with van der Waals surface area (Å²) in [6, 6.07) is 15.3. The Morgan fingerprint density at radius 3 is 2.72 bits per heavy atom. The van der Waals surface area contributed by atoms with E-state index in [-0.39, 0.29) is 5.91 Å². The van der Waals surface area contributed by atoms with Crippen molar-refractivity contribution in [3.63, 3.8) is 0 Å². The van der Waals surface area contributed by atoms with Crippen molar-refractivity contribution < 1.29 is 14.3 Å². The minimum absolute atomic E-state index is 0.112. The lowest BCUT2D eigenvalue weighted by molar-refractivity contribution is 0.0767. The van der Waals surface area contributed by atoms with Crippen molar-refractivity contribution in [3.05, 3.63) is 77.7 Å². The minimum Gasteiger partial charge on any atom is -0.497 e. The number of hydrogen-bond acceptors (Lipinski definition) is 6. The number of anilines is 1. The highest BCUT2D eigenvalue weighted by molar-refractivity contribution is 6.11. The number of nitrogens with zero attached hydrogens (tertiary/aromatic N) is 3. The van der Waals surface area contributed by atoms with Gasteiger partial charge in [-0.15, -0.1) is 0 Å². The molecule has 3 heterocycles. The van der Waals surface area contributed by atoms with Gasteiger partial charge in [-0.2, -0.15) is 0 Å². The number of carbonyl (C=O) groups excluding carboxylic acids is 1. The standard InChI is InChI=1S/C25H22N4O3/c1-31-16-6-3-5-15(11-16)13-29-14-20-22(25(29)30)23(26)18-8-4-7-17(24(18)28-20)19-12-27-10-9-21(19)32-2/h3-12H,13-14H2,1-2H3,(H2,26,28). The SMILES string of the molecule is COc1cccc(CN2Cc3nc4c(-c5cnccc5OC)cccc4c(N)c3C2=O)c1. The molecule has 2 N–H and O–H groups in total. The number of benzene rings is 2. The molecular formula is C25H22N4O3. The molecule has 1 amide bonds. The van der Waals surface area contributed by atoms with E-state index in [0.717, 1.165) is 33.3 Å². The molecule has 32 heavy (non-hydrogen) atoms. The largest absolute Gasteiger partial charge is 0.497 e. The third-order valence-corrected chi connectivity index (χ3v) is 5.77. The Kier molecular flexibility index (Phi) is 4.86. The quantitative estimate of drug-likeness (QED) is 0.518. The fourth-order valence-corrected chi connectivity index (χ4v) is 4.22. The number of nitrogen functional groups attached to an aromatic ring is 1. The number of pyridine rings is 2. The van der Waals surface area contributed by atoms with Crippen molar-refractivity contribution in [1.29, 1.82) is 0 Å². The van der Waals surface area contributed by atoms with E-state index in [4.69, 9.17) is 20.2 Å². The van der Waals surface area contributed by atoms with Gasteiger partial charge in [0.1, 0.15) is 11.5 Å². The predicted molar refractivity (Wildman–Crippen MR) is 123 cm³/mol.